The highest BCUT2D eigenvalue weighted by Crippen LogP contribution is 2.28. The molecule has 0 fully saturated rings. The van der Waals surface area contributed by atoms with Gasteiger partial charge in [0.25, 0.3) is 0 Å². The molecular formula is C16H23N3O3. The van der Waals surface area contributed by atoms with Gasteiger partial charge in [-0.1, -0.05) is 0 Å². The van der Waals surface area contributed by atoms with Gasteiger partial charge >= 0.3 is 0 Å². The van der Waals surface area contributed by atoms with Crippen LogP contribution in [0.25, 0.3) is 5.69 Å². The molecule has 0 aliphatic heterocycles. The molecule has 0 aliphatic carbocycles. The lowest BCUT2D eigenvalue weighted by Crippen LogP contribution is -2.18. The van der Waals surface area contributed by atoms with Gasteiger partial charge in [-0.15, -0.1) is 0 Å². The van der Waals surface area contributed by atoms with Crippen LogP contribution in [-0.4, -0.2) is 44.3 Å². The predicted molar refractivity (Wildman–Crippen MR) is 85.0 cm³/mol. The van der Waals surface area contributed by atoms with Crippen molar-refractivity contribution in [3.8, 4) is 17.2 Å². The van der Waals surface area contributed by atoms with Crippen molar-refractivity contribution < 1.29 is 14.2 Å². The van der Waals surface area contributed by atoms with Crippen molar-refractivity contribution in [2.45, 2.75) is 13.5 Å². The van der Waals surface area contributed by atoms with E-state index in [1.54, 1.807) is 21.3 Å². The molecule has 6 nitrogen and oxygen atoms in total. The van der Waals surface area contributed by atoms with Crippen LogP contribution in [0.15, 0.2) is 24.4 Å². The Kier molecular flexibility index (Phi) is 5.80. The molecule has 0 unspecified atom stereocenters. The first-order valence-electron chi connectivity index (χ1n) is 7.16. The van der Waals surface area contributed by atoms with E-state index in [-0.39, 0.29) is 0 Å². The summed E-state index contributed by atoms with van der Waals surface area (Å²) < 4.78 is 17.6. The third kappa shape index (κ3) is 3.58. The number of ether oxygens (including phenoxy) is 3. The van der Waals surface area contributed by atoms with Crippen LogP contribution >= 0.6 is 0 Å². The van der Waals surface area contributed by atoms with Gasteiger partial charge in [0.2, 0.25) is 0 Å². The van der Waals surface area contributed by atoms with Crippen LogP contribution in [0.3, 0.4) is 0 Å². The largest absolute Gasteiger partial charge is 0.497 e. The molecule has 0 bridgehead atoms. The highest BCUT2D eigenvalue weighted by atomic mass is 16.5. The number of rotatable bonds is 8. The maximum atomic E-state index is 5.45. The monoisotopic (exact) mass is 305 g/mol. The molecule has 0 atom stereocenters. The van der Waals surface area contributed by atoms with E-state index in [4.69, 9.17) is 14.2 Å². The van der Waals surface area contributed by atoms with Crippen molar-refractivity contribution in [2.24, 2.45) is 0 Å². The molecule has 1 aromatic heterocycles. The highest BCUT2D eigenvalue weighted by Gasteiger charge is 2.12. The Labute approximate surface area is 131 Å². The zero-order valence-corrected chi connectivity index (χ0v) is 13.5. The summed E-state index contributed by atoms with van der Waals surface area (Å²) in [6, 6.07) is 5.70. The average molecular weight is 305 g/mol. The minimum absolute atomic E-state index is 0.694. The molecule has 0 aliphatic rings. The van der Waals surface area contributed by atoms with Gasteiger partial charge in [-0.3, -0.25) is 0 Å². The summed E-state index contributed by atoms with van der Waals surface area (Å²) in [5.74, 6) is 1.48. The van der Waals surface area contributed by atoms with Gasteiger partial charge in [-0.2, -0.15) is 5.10 Å². The van der Waals surface area contributed by atoms with Gasteiger partial charge in [0.15, 0.2) is 0 Å². The van der Waals surface area contributed by atoms with Crippen LogP contribution in [0.5, 0.6) is 11.5 Å². The molecule has 0 amide bonds. The number of aromatic nitrogens is 2. The molecule has 1 N–H and O–H groups in total. The molecule has 22 heavy (non-hydrogen) atoms. The maximum Gasteiger partial charge on any atom is 0.148 e. The molecule has 0 saturated heterocycles. The Morgan fingerprint density at radius 1 is 1.18 bits per heavy atom. The molecule has 0 radical (unpaired) electrons. The summed E-state index contributed by atoms with van der Waals surface area (Å²) in [6.45, 7) is 4.31. The number of nitrogens with one attached hydrogen (secondary N) is 1. The van der Waals surface area contributed by atoms with Crippen LogP contribution < -0.4 is 14.8 Å². The summed E-state index contributed by atoms with van der Waals surface area (Å²) in [5, 5.41) is 7.80. The van der Waals surface area contributed by atoms with Gasteiger partial charge in [0, 0.05) is 37.5 Å². The fraction of sp³-hybridized carbons (Fsp3) is 0.438. The number of benzene rings is 1. The number of nitrogens with zero attached hydrogens (tertiary/aromatic N) is 2. The fourth-order valence-corrected chi connectivity index (χ4v) is 2.22. The number of hydrogen-bond donors (Lipinski definition) is 1. The van der Waals surface area contributed by atoms with Crippen LogP contribution in [-0.2, 0) is 11.3 Å². The second-order valence-electron chi connectivity index (χ2n) is 4.87. The van der Waals surface area contributed by atoms with Crippen molar-refractivity contribution in [2.75, 3.05) is 34.5 Å². The fourth-order valence-electron chi connectivity index (χ4n) is 2.22. The summed E-state index contributed by atoms with van der Waals surface area (Å²) in [6.07, 6.45) is 1.87. The standard InChI is InChI=1S/C16H23N3O3/c1-12-13(10-17-7-8-20-2)11-18-19(12)15-6-5-14(21-3)9-16(15)22-4/h5-6,9,11,17H,7-8,10H2,1-4H3. The first-order chi connectivity index (χ1) is 10.7. The third-order valence-electron chi connectivity index (χ3n) is 3.52. The molecule has 2 aromatic rings. The van der Waals surface area contributed by atoms with Crippen molar-refractivity contribution >= 4 is 0 Å². The van der Waals surface area contributed by atoms with Crippen LogP contribution in [0, 0.1) is 6.92 Å². The molecular weight excluding hydrogens is 282 g/mol. The molecule has 1 heterocycles. The number of methoxy groups -OCH3 is 3. The summed E-state index contributed by atoms with van der Waals surface area (Å²) >= 11 is 0. The van der Waals surface area contributed by atoms with Crippen molar-refractivity contribution in [3.05, 3.63) is 35.7 Å². The van der Waals surface area contributed by atoms with Gasteiger partial charge in [-0.05, 0) is 19.1 Å². The SMILES string of the molecule is COCCNCc1cnn(-c2ccc(OC)cc2OC)c1C. The van der Waals surface area contributed by atoms with Crippen molar-refractivity contribution in [1.82, 2.24) is 15.1 Å². The average Bonchev–Trinajstić information content (AvgIpc) is 2.91. The van der Waals surface area contributed by atoms with E-state index in [9.17, 15) is 0 Å². The predicted octanol–water partition coefficient (Wildman–Crippen LogP) is 1.93. The van der Waals surface area contributed by atoms with Gasteiger partial charge in [0.1, 0.15) is 17.2 Å². The van der Waals surface area contributed by atoms with Crippen LogP contribution in [0.4, 0.5) is 0 Å². The molecule has 120 valence electrons. The lowest BCUT2D eigenvalue weighted by molar-refractivity contribution is 0.199. The Morgan fingerprint density at radius 2 is 2.00 bits per heavy atom. The molecule has 1 aromatic carbocycles. The van der Waals surface area contributed by atoms with Crippen molar-refractivity contribution in [1.29, 1.82) is 0 Å². The number of hydrogen-bond acceptors (Lipinski definition) is 5. The van der Waals surface area contributed by atoms with Gasteiger partial charge < -0.3 is 19.5 Å². The van der Waals surface area contributed by atoms with E-state index in [2.05, 4.69) is 10.4 Å². The molecule has 2 rings (SSSR count). The van der Waals surface area contributed by atoms with E-state index in [0.717, 1.165) is 41.5 Å². The Balaban J connectivity index is 2.21. The Hall–Kier alpha value is -2.05. The van der Waals surface area contributed by atoms with Gasteiger partial charge in [0.05, 0.1) is 27.0 Å². The maximum absolute atomic E-state index is 5.45. The molecule has 6 heteroatoms. The van der Waals surface area contributed by atoms with Crippen molar-refractivity contribution in [3.63, 3.8) is 0 Å². The Bertz CT molecular complexity index is 611. The smallest absolute Gasteiger partial charge is 0.148 e. The zero-order chi connectivity index (χ0) is 15.9. The van der Waals surface area contributed by atoms with E-state index in [1.807, 2.05) is 36.0 Å². The molecule has 0 spiro atoms. The quantitative estimate of drug-likeness (QED) is 0.755. The third-order valence-corrected chi connectivity index (χ3v) is 3.52. The topological polar surface area (TPSA) is 57.5 Å². The second-order valence-corrected chi connectivity index (χ2v) is 4.87. The van der Waals surface area contributed by atoms with Crippen LogP contribution in [0.2, 0.25) is 0 Å². The summed E-state index contributed by atoms with van der Waals surface area (Å²) in [7, 11) is 4.97. The zero-order valence-electron chi connectivity index (χ0n) is 13.5. The summed E-state index contributed by atoms with van der Waals surface area (Å²) in [5.41, 5.74) is 3.12. The molecule has 0 saturated carbocycles. The first-order valence-corrected chi connectivity index (χ1v) is 7.16. The lowest BCUT2D eigenvalue weighted by atomic mass is 10.2. The first kappa shape index (κ1) is 16.3. The van der Waals surface area contributed by atoms with Gasteiger partial charge in [-0.25, -0.2) is 4.68 Å². The van der Waals surface area contributed by atoms with E-state index < -0.39 is 0 Å². The van der Waals surface area contributed by atoms with E-state index >= 15 is 0 Å². The van der Waals surface area contributed by atoms with E-state index in [1.165, 1.54) is 0 Å². The minimum atomic E-state index is 0.694. The Morgan fingerprint density at radius 3 is 2.68 bits per heavy atom. The summed E-state index contributed by atoms with van der Waals surface area (Å²) in [4.78, 5) is 0. The highest BCUT2D eigenvalue weighted by molar-refractivity contribution is 5.51. The van der Waals surface area contributed by atoms with Crippen LogP contribution in [0.1, 0.15) is 11.3 Å². The van der Waals surface area contributed by atoms with E-state index in [0.29, 0.717) is 6.61 Å². The lowest BCUT2D eigenvalue weighted by Gasteiger charge is -2.12. The second kappa shape index (κ2) is 7.82. The normalized spacial score (nSPS) is 10.7. The minimum Gasteiger partial charge on any atom is -0.497 e.